The molecule has 0 spiro atoms. The quantitative estimate of drug-likeness (QED) is 0.0459. The van der Waals surface area contributed by atoms with Gasteiger partial charge in [0.15, 0.2) is 0 Å². The van der Waals surface area contributed by atoms with Crippen LogP contribution in [0.3, 0.4) is 0 Å². The van der Waals surface area contributed by atoms with E-state index in [1.807, 2.05) is 0 Å². The van der Waals surface area contributed by atoms with Gasteiger partial charge in [0, 0.05) is 26.5 Å². The van der Waals surface area contributed by atoms with Crippen LogP contribution in [0.1, 0.15) is 240 Å². The Morgan fingerprint density at radius 2 is 0.865 bits per heavy atom. The summed E-state index contributed by atoms with van der Waals surface area (Å²) < 4.78 is 17.1. The van der Waals surface area contributed by atoms with Crippen LogP contribution >= 0.6 is 0 Å². The average Bonchev–Trinajstić information content (AvgIpc) is 3.14. The van der Waals surface area contributed by atoms with Crippen molar-refractivity contribution in [3.63, 3.8) is 0 Å². The number of nitrogens with zero attached hydrogens (tertiary/aromatic N) is 1. The fraction of sp³-hybridized carbons (Fsp3) is 0.957. The molecule has 0 N–H and O–H groups in total. The highest BCUT2D eigenvalue weighted by molar-refractivity contribution is 5.69. The Morgan fingerprint density at radius 1 is 0.481 bits per heavy atom. The van der Waals surface area contributed by atoms with Crippen molar-refractivity contribution in [1.82, 2.24) is 4.90 Å². The van der Waals surface area contributed by atoms with E-state index in [4.69, 9.17) is 14.2 Å². The lowest BCUT2D eigenvalue weighted by Gasteiger charge is -2.25. The lowest BCUT2D eigenvalue weighted by atomic mass is 10.0. The smallest absolute Gasteiger partial charge is 0.306 e. The summed E-state index contributed by atoms with van der Waals surface area (Å²) in [7, 11) is 1.80. The number of methoxy groups -OCH3 is 1. The summed E-state index contributed by atoms with van der Waals surface area (Å²) in [5, 5.41) is 0. The first-order chi connectivity index (χ1) is 25.5. The Hall–Kier alpha value is -1.14. The average molecular weight is 738 g/mol. The molecule has 0 saturated heterocycles. The molecule has 0 amide bonds. The van der Waals surface area contributed by atoms with E-state index in [-0.39, 0.29) is 24.1 Å². The first kappa shape index (κ1) is 50.9. The summed E-state index contributed by atoms with van der Waals surface area (Å²) in [6, 6.07) is 0. The highest BCUT2D eigenvalue weighted by atomic mass is 16.5. The van der Waals surface area contributed by atoms with Crippen LogP contribution in [0.5, 0.6) is 0 Å². The molecule has 0 radical (unpaired) electrons. The third-order valence-corrected chi connectivity index (χ3v) is 10.7. The van der Waals surface area contributed by atoms with Crippen molar-refractivity contribution in [2.45, 2.75) is 252 Å². The topological polar surface area (TPSA) is 65.1 Å². The van der Waals surface area contributed by atoms with Crippen LogP contribution in [-0.4, -0.2) is 62.4 Å². The molecule has 0 saturated carbocycles. The Labute approximate surface area is 325 Å². The van der Waals surface area contributed by atoms with Crippen molar-refractivity contribution in [2.75, 3.05) is 33.4 Å². The van der Waals surface area contributed by atoms with E-state index in [2.05, 4.69) is 32.6 Å². The van der Waals surface area contributed by atoms with Gasteiger partial charge in [0.25, 0.3) is 0 Å². The zero-order valence-electron chi connectivity index (χ0n) is 35.8. The summed E-state index contributed by atoms with van der Waals surface area (Å²) >= 11 is 0. The molecule has 0 rings (SSSR count). The van der Waals surface area contributed by atoms with Crippen molar-refractivity contribution >= 4 is 11.9 Å². The number of ether oxygens (including phenoxy) is 3. The molecule has 0 heterocycles. The molecule has 0 fully saturated rings. The van der Waals surface area contributed by atoms with Gasteiger partial charge < -0.3 is 19.1 Å². The second-order valence-corrected chi connectivity index (χ2v) is 15.9. The first-order valence-corrected chi connectivity index (χ1v) is 23.1. The molecular formula is C46H91NO5. The lowest BCUT2D eigenvalue weighted by molar-refractivity contribution is -0.150. The minimum atomic E-state index is -0.0168. The molecule has 52 heavy (non-hydrogen) atoms. The second kappa shape index (κ2) is 41.0. The van der Waals surface area contributed by atoms with Gasteiger partial charge in [-0.05, 0) is 77.8 Å². The molecule has 0 unspecified atom stereocenters. The van der Waals surface area contributed by atoms with E-state index in [9.17, 15) is 9.59 Å². The molecule has 0 aliphatic heterocycles. The van der Waals surface area contributed by atoms with E-state index in [0.29, 0.717) is 19.4 Å². The number of esters is 2. The Bertz CT molecular complexity index is 730. The van der Waals surface area contributed by atoms with Gasteiger partial charge in [-0.15, -0.1) is 0 Å². The first-order valence-electron chi connectivity index (χ1n) is 23.1. The van der Waals surface area contributed by atoms with Gasteiger partial charge in [-0.2, -0.15) is 0 Å². The van der Waals surface area contributed by atoms with Gasteiger partial charge in [-0.25, -0.2) is 0 Å². The van der Waals surface area contributed by atoms with Gasteiger partial charge in [0.05, 0.1) is 12.7 Å². The zero-order chi connectivity index (χ0) is 38.2. The molecule has 1 atom stereocenters. The molecule has 0 aliphatic carbocycles. The standard InChI is InChI=1S/C46H91NO5/c1-6-9-12-15-18-27-34-41-51-45(48)37-30-23-19-25-32-39-47(42-43(4)50-5)40-33-26-20-24-31-38-46(49)52-44(35-28-21-16-13-10-7-2)36-29-22-17-14-11-8-3/h43-44H,6-42H2,1-5H3/t43-/m0/s1. The van der Waals surface area contributed by atoms with Crippen LogP contribution < -0.4 is 0 Å². The number of rotatable bonds is 42. The predicted octanol–water partition coefficient (Wildman–Crippen LogP) is 13.7. The predicted molar refractivity (Wildman–Crippen MR) is 223 cm³/mol. The van der Waals surface area contributed by atoms with Crippen molar-refractivity contribution < 1.29 is 23.8 Å². The summed E-state index contributed by atoms with van der Waals surface area (Å²) in [6.45, 7) is 12.7. The van der Waals surface area contributed by atoms with Gasteiger partial charge in [0.1, 0.15) is 6.10 Å². The van der Waals surface area contributed by atoms with Gasteiger partial charge in [0.2, 0.25) is 0 Å². The number of hydrogen-bond donors (Lipinski definition) is 0. The Morgan fingerprint density at radius 3 is 1.33 bits per heavy atom. The van der Waals surface area contributed by atoms with E-state index in [1.165, 1.54) is 154 Å². The molecule has 0 aliphatic rings. The number of hydrogen-bond acceptors (Lipinski definition) is 6. The molecule has 6 heteroatoms. The molecule has 0 bridgehead atoms. The van der Waals surface area contributed by atoms with Crippen molar-refractivity contribution in [3.05, 3.63) is 0 Å². The molecule has 0 aromatic rings. The van der Waals surface area contributed by atoms with E-state index in [1.54, 1.807) is 7.11 Å². The summed E-state index contributed by atoms with van der Waals surface area (Å²) in [5.41, 5.74) is 0. The fourth-order valence-corrected chi connectivity index (χ4v) is 7.13. The molecule has 0 aromatic carbocycles. The Balaban J connectivity index is 4.12. The maximum absolute atomic E-state index is 12.8. The lowest BCUT2D eigenvalue weighted by Crippen LogP contribution is -2.33. The van der Waals surface area contributed by atoms with Crippen LogP contribution in [0.15, 0.2) is 0 Å². The minimum Gasteiger partial charge on any atom is -0.466 e. The second-order valence-electron chi connectivity index (χ2n) is 15.9. The highest BCUT2D eigenvalue weighted by Gasteiger charge is 2.15. The van der Waals surface area contributed by atoms with Gasteiger partial charge >= 0.3 is 11.9 Å². The molecule has 310 valence electrons. The van der Waals surface area contributed by atoms with Crippen LogP contribution in [-0.2, 0) is 23.8 Å². The normalized spacial score (nSPS) is 12.2. The zero-order valence-corrected chi connectivity index (χ0v) is 35.8. The largest absolute Gasteiger partial charge is 0.466 e. The van der Waals surface area contributed by atoms with E-state index >= 15 is 0 Å². The van der Waals surface area contributed by atoms with Gasteiger partial charge in [-0.3, -0.25) is 9.59 Å². The third kappa shape index (κ3) is 37.2. The summed E-state index contributed by atoms with van der Waals surface area (Å²) in [4.78, 5) is 27.4. The van der Waals surface area contributed by atoms with Crippen molar-refractivity contribution in [3.8, 4) is 0 Å². The van der Waals surface area contributed by atoms with Crippen LogP contribution in [0.4, 0.5) is 0 Å². The van der Waals surface area contributed by atoms with Crippen molar-refractivity contribution in [1.29, 1.82) is 0 Å². The maximum Gasteiger partial charge on any atom is 0.306 e. The fourth-order valence-electron chi connectivity index (χ4n) is 7.13. The van der Waals surface area contributed by atoms with Crippen molar-refractivity contribution in [2.24, 2.45) is 0 Å². The summed E-state index contributed by atoms with van der Waals surface area (Å²) in [6.07, 6.45) is 39.0. The minimum absolute atomic E-state index is 0.0168. The SMILES string of the molecule is CCCCCCCCCOC(=O)CCCCCCCN(CCCCCCCC(=O)OC(CCCCCCCC)CCCCCCCC)C[C@H](C)OC. The maximum atomic E-state index is 12.8. The monoisotopic (exact) mass is 738 g/mol. The number of carbonyl (C=O) groups is 2. The highest BCUT2D eigenvalue weighted by Crippen LogP contribution is 2.19. The third-order valence-electron chi connectivity index (χ3n) is 10.7. The van der Waals surface area contributed by atoms with Gasteiger partial charge in [-0.1, -0.05) is 162 Å². The summed E-state index contributed by atoms with van der Waals surface area (Å²) in [5.74, 6) is 0.0114. The van der Waals surface area contributed by atoms with E-state index < -0.39 is 0 Å². The van der Waals surface area contributed by atoms with Crippen LogP contribution in [0.2, 0.25) is 0 Å². The molecule has 0 aromatic heterocycles. The number of carbonyl (C=O) groups excluding carboxylic acids is 2. The van der Waals surface area contributed by atoms with Crippen LogP contribution in [0.25, 0.3) is 0 Å². The van der Waals surface area contributed by atoms with Crippen LogP contribution in [0, 0.1) is 0 Å². The Kier molecular flexibility index (Phi) is 40.1. The number of unbranched alkanes of at least 4 members (excludes halogenated alkanes) is 24. The molecule has 6 nitrogen and oxygen atoms in total. The van der Waals surface area contributed by atoms with E-state index in [0.717, 1.165) is 64.6 Å². The molecular weight excluding hydrogens is 647 g/mol.